The molecular weight excluding hydrogens is 352 g/mol. The molecule has 2 rings (SSSR count). The van der Waals surface area contributed by atoms with Gasteiger partial charge in [0.1, 0.15) is 17.3 Å². The van der Waals surface area contributed by atoms with E-state index in [0.29, 0.717) is 38.5 Å². The van der Waals surface area contributed by atoms with E-state index in [1.54, 1.807) is 31.4 Å². The Morgan fingerprint density at radius 1 is 1.29 bits per heavy atom. The highest BCUT2D eigenvalue weighted by Gasteiger charge is 2.39. The number of piperidine rings is 1. The van der Waals surface area contributed by atoms with Gasteiger partial charge in [-0.1, -0.05) is 26.0 Å². The van der Waals surface area contributed by atoms with Crippen LogP contribution in [0.1, 0.15) is 20.3 Å². The Labute approximate surface area is 150 Å². The predicted molar refractivity (Wildman–Crippen MR) is 96.2 cm³/mol. The average molecular weight is 379 g/mol. The molecule has 0 saturated carbocycles. The number of halogens is 1. The van der Waals surface area contributed by atoms with E-state index in [0.717, 1.165) is 0 Å². The van der Waals surface area contributed by atoms with Crippen LogP contribution in [-0.2, 0) is 14.8 Å². The summed E-state index contributed by atoms with van der Waals surface area (Å²) in [6, 6.07) is 6.72. The van der Waals surface area contributed by atoms with Gasteiger partial charge in [-0.05, 0) is 24.0 Å². The van der Waals surface area contributed by atoms with Crippen LogP contribution in [0.4, 0.5) is 0 Å². The lowest BCUT2D eigenvalue weighted by Gasteiger charge is -2.41. The van der Waals surface area contributed by atoms with Crippen molar-refractivity contribution in [1.29, 1.82) is 0 Å². The second-order valence-electron chi connectivity index (χ2n) is 6.51. The van der Waals surface area contributed by atoms with E-state index in [-0.39, 0.29) is 28.8 Å². The largest absolute Gasteiger partial charge is 0.490 e. The molecule has 1 unspecified atom stereocenters. The second-order valence-corrected chi connectivity index (χ2v) is 8.42. The number of rotatable bonds is 6. The second kappa shape index (κ2) is 8.49. The molecule has 1 heterocycles. The van der Waals surface area contributed by atoms with Gasteiger partial charge >= 0.3 is 0 Å². The SMILES string of the molecule is COCCOc1ccccc1S(=O)(=O)N1CCC(N)C(C)(C)C1.Cl. The molecule has 0 aromatic heterocycles. The average Bonchev–Trinajstić information content (AvgIpc) is 2.50. The molecule has 0 radical (unpaired) electrons. The molecule has 0 bridgehead atoms. The molecule has 24 heavy (non-hydrogen) atoms. The minimum atomic E-state index is -3.61. The fourth-order valence-corrected chi connectivity index (χ4v) is 4.44. The summed E-state index contributed by atoms with van der Waals surface area (Å²) >= 11 is 0. The highest BCUT2D eigenvalue weighted by atomic mass is 35.5. The summed E-state index contributed by atoms with van der Waals surface area (Å²) in [5, 5.41) is 0. The topological polar surface area (TPSA) is 81.9 Å². The number of benzene rings is 1. The summed E-state index contributed by atoms with van der Waals surface area (Å²) in [5.74, 6) is 0.359. The maximum atomic E-state index is 13.0. The molecular formula is C16H27ClN2O4S. The molecule has 1 aliphatic rings. The quantitative estimate of drug-likeness (QED) is 0.764. The molecule has 1 fully saturated rings. The third kappa shape index (κ3) is 4.61. The van der Waals surface area contributed by atoms with Crippen LogP contribution in [0.15, 0.2) is 29.2 Å². The monoisotopic (exact) mass is 378 g/mol. The summed E-state index contributed by atoms with van der Waals surface area (Å²) in [7, 11) is -2.04. The van der Waals surface area contributed by atoms with E-state index >= 15 is 0 Å². The van der Waals surface area contributed by atoms with E-state index < -0.39 is 10.0 Å². The normalized spacial score (nSPS) is 21.1. The first kappa shape index (κ1) is 21.2. The van der Waals surface area contributed by atoms with Crippen molar-refractivity contribution in [2.75, 3.05) is 33.4 Å². The number of methoxy groups -OCH3 is 1. The van der Waals surface area contributed by atoms with Gasteiger partial charge in [-0.2, -0.15) is 4.31 Å². The van der Waals surface area contributed by atoms with Crippen molar-refractivity contribution in [2.24, 2.45) is 11.1 Å². The molecule has 8 heteroatoms. The zero-order valence-electron chi connectivity index (χ0n) is 14.4. The lowest BCUT2D eigenvalue weighted by Crippen LogP contribution is -2.53. The summed E-state index contributed by atoms with van der Waals surface area (Å²) in [6.45, 7) is 5.54. The first-order chi connectivity index (χ1) is 10.8. The number of ether oxygens (including phenoxy) is 2. The van der Waals surface area contributed by atoms with E-state index in [9.17, 15) is 8.42 Å². The van der Waals surface area contributed by atoms with Gasteiger partial charge in [-0.25, -0.2) is 8.42 Å². The maximum Gasteiger partial charge on any atom is 0.246 e. The van der Waals surface area contributed by atoms with Crippen molar-refractivity contribution in [3.05, 3.63) is 24.3 Å². The van der Waals surface area contributed by atoms with Crippen molar-refractivity contribution in [3.63, 3.8) is 0 Å². The van der Waals surface area contributed by atoms with Crippen LogP contribution in [0.25, 0.3) is 0 Å². The fourth-order valence-electron chi connectivity index (χ4n) is 2.69. The molecule has 138 valence electrons. The number of nitrogens with zero attached hydrogens (tertiary/aromatic N) is 1. The molecule has 0 spiro atoms. The maximum absolute atomic E-state index is 13.0. The van der Waals surface area contributed by atoms with Gasteiger partial charge in [0, 0.05) is 26.2 Å². The molecule has 2 N–H and O–H groups in total. The van der Waals surface area contributed by atoms with E-state index in [1.165, 1.54) is 4.31 Å². The Morgan fingerprint density at radius 2 is 1.96 bits per heavy atom. The lowest BCUT2D eigenvalue weighted by atomic mass is 9.81. The summed E-state index contributed by atoms with van der Waals surface area (Å²) in [6.07, 6.45) is 0.652. The molecule has 1 saturated heterocycles. The van der Waals surface area contributed by atoms with E-state index in [2.05, 4.69) is 0 Å². The van der Waals surface area contributed by atoms with Crippen LogP contribution >= 0.6 is 12.4 Å². The van der Waals surface area contributed by atoms with Crippen molar-refractivity contribution < 1.29 is 17.9 Å². The van der Waals surface area contributed by atoms with Crippen molar-refractivity contribution in [1.82, 2.24) is 4.31 Å². The van der Waals surface area contributed by atoms with Crippen LogP contribution in [0, 0.1) is 5.41 Å². The Kier molecular flexibility index (Phi) is 7.49. The van der Waals surface area contributed by atoms with Gasteiger partial charge in [0.15, 0.2) is 0 Å². The first-order valence-electron chi connectivity index (χ1n) is 7.75. The van der Waals surface area contributed by atoms with E-state index in [4.69, 9.17) is 15.2 Å². The molecule has 1 aromatic carbocycles. The van der Waals surface area contributed by atoms with Crippen molar-refractivity contribution in [2.45, 2.75) is 31.2 Å². The fraction of sp³-hybridized carbons (Fsp3) is 0.625. The van der Waals surface area contributed by atoms with Gasteiger partial charge in [0.25, 0.3) is 0 Å². The Balaban J connectivity index is 0.00000288. The number of hydrogen-bond acceptors (Lipinski definition) is 5. The predicted octanol–water partition coefficient (Wildman–Crippen LogP) is 1.88. The third-order valence-electron chi connectivity index (χ3n) is 4.29. The van der Waals surface area contributed by atoms with Crippen LogP contribution in [0.2, 0.25) is 0 Å². The van der Waals surface area contributed by atoms with Gasteiger partial charge in [-0.15, -0.1) is 12.4 Å². The highest BCUT2D eigenvalue weighted by Crippen LogP contribution is 2.33. The summed E-state index contributed by atoms with van der Waals surface area (Å²) in [5.41, 5.74) is 5.85. The number of hydrogen-bond donors (Lipinski definition) is 1. The minimum absolute atomic E-state index is 0. The molecule has 1 atom stereocenters. The van der Waals surface area contributed by atoms with Crippen molar-refractivity contribution >= 4 is 22.4 Å². The highest BCUT2D eigenvalue weighted by molar-refractivity contribution is 7.89. The van der Waals surface area contributed by atoms with Crippen LogP contribution in [0.3, 0.4) is 0 Å². The van der Waals surface area contributed by atoms with E-state index in [1.807, 2.05) is 13.8 Å². The van der Waals surface area contributed by atoms with Crippen molar-refractivity contribution in [3.8, 4) is 5.75 Å². The third-order valence-corrected chi connectivity index (χ3v) is 6.17. The summed E-state index contributed by atoms with van der Waals surface area (Å²) < 4.78 is 38.0. The van der Waals surface area contributed by atoms with Gasteiger partial charge in [0.05, 0.1) is 6.61 Å². The zero-order chi connectivity index (χ0) is 17.1. The smallest absolute Gasteiger partial charge is 0.246 e. The molecule has 1 aromatic rings. The number of nitrogens with two attached hydrogens (primary N) is 1. The van der Waals surface area contributed by atoms with Gasteiger partial charge < -0.3 is 15.2 Å². The lowest BCUT2D eigenvalue weighted by molar-refractivity contribution is 0.143. The minimum Gasteiger partial charge on any atom is -0.490 e. The molecule has 1 aliphatic heterocycles. The molecule has 0 amide bonds. The zero-order valence-corrected chi connectivity index (χ0v) is 16.0. The Bertz CT molecular complexity index is 637. The number of para-hydroxylation sites is 1. The standard InChI is InChI=1S/C16H26N2O4S.ClH/c1-16(2)12-18(9-8-15(16)17)23(19,20)14-7-5-4-6-13(14)22-11-10-21-3;/h4-7,15H,8-12,17H2,1-3H3;1H. The number of sulfonamides is 1. The summed E-state index contributed by atoms with van der Waals surface area (Å²) in [4.78, 5) is 0.197. The van der Waals surface area contributed by atoms with Gasteiger partial charge in [0.2, 0.25) is 10.0 Å². The van der Waals surface area contributed by atoms with Crippen LogP contribution in [-0.4, -0.2) is 52.2 Å². The first-order valence-corrected chi connectivity index (χ1v) is 9.19. The van der Waals surface area contributed by atoms with Crippen LogP contribution in [0.5, 0.6) is 5.75 Å². The molecule has 6 nitrogen and oxygen atoms in total. The molecule has 0 aliphatic carbocycles. The Morgan fingerprint density at radius 3 is 2.58 bits per heavy atom. The van der Waals surface area contributed by atoms with Gasteiger partial charge in [-0.3, -0.25) is 0 Å². The van der Waals surface area contributed by atoms with Crippen LogP contribution < -0.4 is 10.5 Å². The Hall–Kier alpha value is -0.860.